The van der Waals surface area contributed by atoms with Crippen LogP contribution in [0, 0.1) is 5.41 Å². The van der Waals surface area contributed by atoms with Crippen LogP contribution >= 0.6 is 0 Å². The molecule has 0 unspecified atom stereocenters. The molecule has 0 saturated heterocycles. The van der Waals surface area contributed by atoms with Gasteiger partial charge in [0.1, 0.15) is 0 Å². The van der Waals surface area contributed by atoms with Crippen molar-refractivity contribution in [1.29, 1.82) is 0 Å². The Hall–Kier alpha value is -0.300. The topological polar surface area (TPSA) is 26.0 Å². The standard InChI is InChI=1S/C11H21N/c1-11(2)7-3-5-10(9-11)6-4-8-12/h6H,3-5,7-9,12H2,1-2H3/b10-6+. The van der Waals surface area contributed by atoms with Crippen LogP contribution in [0.3, 0.4) is 0 Å². The second-order valence-electron chi connectivity index (χ2n) is 4.63. The van der Waals surface area contributed by atoms with E-state index in [-0.39, 0.29) is 0 Å². The molecule has 0 aromatic rings. The Morgan fingerprint density at radius 2 is 2.25 bits per heavy atom. The predicted molar refractivity (Wildman–Crippen MR) is 54.0 cm³/mol. The van der Waals surface area contributed by atoms with Gasteiger partial charge in [0.05, 0.1) is 0 Å². The Kier molecular flexibility index (Phi) is 3.33. The minimum absolute atomic E-state index is 0.540. The molecule has 12 heavy (non-hydrogen) atoms. The Bertz CT molecular complexity index is 168. The number of hydrogen-bond donors (Lipinski definition) is 1. The molecule has 0 aromatic heterocycles. The maximum Gasteiger partial charge on any atom is -0.00425 e. The van der Waals surface area contributed by atoms with E-state index in [2.05, 4.69) is 19.9 Å². The first kappa shape index (κ1) is 9.79. The van der Waals surface area contributed by atoms with Crippen molar-refractivity contribution in [2.24, 2.45) is 11.1 Å². The van der Waals surface area contributed by atoms with Crippen LogP contribution in [0.15, 0.2) is 11.6 Å². The van der Waals surface area contributed by atoms with Crippen molar-refractivity contribution >= 4 is 0 Å². The van der Waals surface area contributed by atoms with Gasteiger partial charge in [-0.2, -0.15) is 0 Å². The first-order chi connectivity index (χ1) is 5.64. The first-order valence-electron chi connectivity index (χ1n) is 5.02. The normalized spacial score (nSPS) is 26.1. The van der Waals surface area contributed by atoms with Crippen LogP contribution in [-0.2, 0) is 0 Å². The lowest BCUT2D eigenvalue weighted by molar-refractivity contribution is 0.289. The summed E-state index contributed by atoms with van der Waals surface area (Å²) in [5.41, 5.74) is 7.64. The highest BCUT2D eigenvalue weighted by Crippen LogP contribution is 2.38. The van der Waals surface area contributed by atoms with Crippen LogP contribution in [0.1, 0.15) is 46.0 Å². The van der Waals surface area contributed by atoms with Gasteiger partial charge in [0, 0.05) is 0 Å². The van der Waals surface area contributed by atoms with Crippen LogP contribution < -0.4 is 5.73 Å². The van der Waals surface area contributed by atoms with Crippen LogP contribution in [0.5, 0.6) is 0 Å². The van der Waals surface area contributed by atoms with Gasteiger partial charge in [-0.25, -0.2) is 0 Å². The summed E-state index contributed by atoms with van der Waals surface area (Å²) in [6, 6.07) is 0. The smallest absolute Gasteiger partial charge is 0.00425 e. The van der Waals surface area contributed by atoms with Gasteiger partial charge in [-0.15, -0.1) is 0 Å². The molecule has 1 aliphatic carbocycles. The van der Waals surface area contributed by atoms with E-state index in [9.17, 15) is 0 Å². The second kappa shape index (κ2) is 4.08. The van der Waals surface area contributed by atoms with Gasteiger partial charge in [-0.3, -0.25) is 0 Å². The Balaban J connectivity index is 2.46. The first-order valence-corrected chi connectivity index (χ1v) is 5.02. The fourth-order valence-electron chi connectivity index (χ4n) is 2.05. The number of hydrogen-bond acceptors (Lipinski definition) is 1. The summed E-state index contributed by atoms with van der Waals surface area (Å²) in [7, 11) is 0. The van der Waals surface area contributed by atoms with Gasteiger partial charge in [0.15, 0.2) is 0 Å². The van der Waals surface area contributed by atoms with Crippen molar-refractivity contribution in [2.75, 3.05) is 6.54 Å². The Morgan fingerprint density at radius 3 is 2.83 bits per heavy atom. The summed E-state index contributed by atoms with van der Waals surface area (Å²) < 4.78 is 0. The molecule has 1 saturated carbocycles. The monoisotopic (exact) mass is 167 g/mol. The van der Waals surface area contributed by atoms with E-state index in [1.54, 1.807) is 5.57 Å². The van der Waals surface area contributed by atoms with Crippen molar-refractivity contribution in [3.8, 4) is 0 Å². The lowest BCUT2D eigenvalue weighted by Gasteiger charge is -2.31. The van der Waals surface area contributed by atoms with E-state index in [1.807, 2.05) is 0 Å². The zero-order valence-corrected chi connectivity index (χ0v) is 8.40. The molecule has 0 aliphatic heterocycles. The maximum atomic E-state index is 5.47. The minimum atomic E-state index is 0.540. The molecule has 0 aromatic carbocycles. The number of allylic oxidation sites excluding steroid dienone is 1. The van der Waals surface area contributed by atoms with Crippen LogP contribution in [-0.4, -0.2) is 6.54 Å². The molecule has 1 rings (SSSR count). The average Bonchev–Trinajstić information content (AvgIpc) is 1.99. The largest absolute Gasteiger partial charge is 0.330 e. The lowest BCUT2D eigenvalue weighted by Crippen LogP contribution is -2.17. The summed E-state index contributed by atoms with van der Waals surface area (Å²) in [5, 5.41) is 0. The highest BCUT2D eigenvalue weighted by molar-refractivity contribution is 5.08. The molecule has 1 heteroatoms. The summed E-state index contributed by atoms with van der Waals surface area (Å²) in [5.74, 6) is 0. The SMILES string of the molecule is CC1(C)CCC/C(=C\CCN)C1. The fourth-order valence-corrected chi connectivity index (χ4v) is 2.05. The van der Waals surface area contributed by atoms with Crippen molar-refractivity contribution < 1.29 is 0 Å². The molecule has 1 nitrogen and oxygen atoms in total. The fraction of sp³-hybridized carbons (Fsp3) is 0.818. The van der Waals surface area contributed by atoms with Gasteiger partial charge in [-0.05, 0) is 44.1 Å². The summed E-state index contributed by atoms with van der Waals surface area (Å²) in [6.45, 7) is 5.52. The van der Waals surface area contributed by atoms with E-state index in [1.165, 1.54) is 25.7 Å². The maximum absolute atomic E-state index is 5.47. The summed E-state index contributed by atoms with van der Waals surface area (Å²) >= 11 is 0. The molecule has 0 heterocycles. The van der Waals surface area contributed by atoms with Crippen molar-refractivity contribution in [1.82, 2.24) is 0 Å². The molecular formula is C11H21N. The van der Waals surface area contributed by atoms with Crippen molar-refractivity contribution in [3.05, 3.63) is 11.6 Å². The molecule has 2 N–H and O–H groups in total. The third kappa shape index (κ3) is 2.98. The van der Waals surface area contributed by atoms with Crippen molar-refractivity contribution in [3.63, 3.8) is 0 Å². The zero-order valence-electron chi connectivity index (χ0n) is 8.40. The van der Waals surface area contributed by atoms with Gasteiger partial charge in [-0.1, -0.05) is 25.5 Å². The lowest BCUT2D eigenvalue weighted by atomic mass is 9.75. The van der Waals surface area contributed by atoms with E-state index < -0.39 is 0 Å². The van der Waals surface area contributed by atoms with E-state index in [0.717, 1.165) is 13.0 Å². The third-order valence-electron chi connectivity index (χ3n) is 2.66. The molecule has 1 aliphatic rings. The van der Waals surface area contributed by atoms with Crippen LogP contribution in [0.4, 0.5) is 0 Å². The van der Waals surface area contributed by atoms with E-state index >= 15 is 0 Å². The average molecular weight is 167 g/mol. The predicted octanol–water partition coefficient (Wildman–Crippen LogP) is 2.86. The molecule has 0 radical (unpaired) electrons. The molecule has 1 fully saturated rings. The Labute approximate surface area is 76.0 Å². The van der Waals surface area contributed by atoms with Crippen molar-refractivity contribution in [2.45, 2.75) is 46.0 Å². The zero-order chi connectivity index (χ0) is 9.03. The number of rotatable bonds is 2. The summed E-state index contributed by atoms with van der Waals surface area (Å²) in [6.07, 6.45) is 8.75. The van der Waals surface area contributed by atoms with Crippen LogP contribution in [0.25, 0.3) is 0 Å². The summed E-state index contributed by atoms with van der Waals surface area (Å²) in [4.78, 5) is 0. The number of nitrogens with two attached hydrogens (primary N) is 1. The van der Waals surface area contributed by atoms with Gasteiger partial charge < -0.3 is 5.73 Å². The molecule has 0 atom stereocenters. The van der Waals surface area contributed by atoms with E-state index in [0.29, 0.717) is 5.41 Å². The van der Waals surface area contributed by atoms with Crippen LogP contribution in [0.2, 0.25) is 0 Å². The Morgan fingerprint density at radius 1 is 1.50 bits per heavy atom. The highest BCUT2D eigenvalue weighted by atomic mass is 14.5. The quantitative estimate of drug-likeness (QED) is 0.629. The van der Waals surface area contributed by atoms with E-state index in [4.69, 9.17) is 5.73 Å². The van der Waals surface area contributed by atoms with Gasteiger partial charge in [0.2, 0.25) is 0 Å². The third-order valence-corrected chi connectivity index (χ3v) is 2.66. The van der Waals surface area contributed by atoms with Gasteiger partial charge >= 0.3 is 0 Å². The molecular weight excluding hydrogens is 146 g/mol. The molecule has 70 valence electrons. The minimum Gasteiger partial charge on any atom is -0.330 e. The molecule has 0 amide bonds. The molecule has 0 spiro atoms. The highest BCUT2D eigenvalue weighted by Gasteiger charge is 2.23. The van der Waals surface area contributed by atoms with Gasteiger partial charge in [0.25, 0.3) is 0 Å². The second-order valence-corrected chi connectivity index (χ2v) is 4.63. The molecule has 0 bridgehead atoms.